The maximum absolute atomic E-state index is 13.1. The number of carbonyl (C=O) groups is 1. The van der Waals surface area contributed by atoms with Crippen molar-refractivity contribution in [3.63, 3.8) is 0 Å². The van der Waals surface area contributed by atoms with Gasteiger partial charge in [0.2, 0.25) is 0 Å². The van der Waals surface area contributed by atoms with Crippen LogP contribution in [0.4, 0.5) is 4.39 Å². The van der Waals surface area contributed by atoms with E-state index in [1.54, 1.807) is 19.1 Å². The average molecular weight is 260 g/mol. The maximum atomic E-state index is 13.1. The minimum Gasteiger partial charge on any atom is -0.367 e. The third kappa shape index (κ3) is 3.07. The number of pyridine rings is 1. The summed E-state index contributed by atoms with van der Waals surface area (Å²) in [6.07, 6.45) is 2.80. The van der Waals surface area contributed by atoms with Crippen LogP contribution in [0.5, 0.6) is 0 Å². The molecule has 0 radical (unpaired) electrons. The van der Waals surface area contributed by atoms with Gasteiger partial charge in [-0.15, -0.1) is 0 Å². The highest BCUT2D eigenvalue weighted by molar-refractivity contribution is 5.93. The molecule has 5 heteroatoms. The van der Waals surface area contributed by atoms with Crippen LogP contribution in [0.3, 0.4) is 0 Å². The van der Waals surface area contributed by atoms with Crippen molar-refractivity contribution >= 4 is 5.91 Å². The molecular weight excluding hydrogens is 247 g/mol. The van der Waals surface area contributed by atoms with Gasteiger partial charge in [0, 0.05) is 18.5 Å². The molecule has 4 nitrogen and oxygen atoms in total. The smallest absolute Gasteiger partial charge is 0.257 e. The van der Waals surface area contributed by atoms with E-state index in [2.05, 4.69) is 10.3 Å². The topological polar surface area (TPSA) is 62.0 Å². The lowest BCUT2D eigenvalue weighted by Crippen LogP contribution is -2.30. The maximum Gasteiger partial charge on any atom is 0.257 e. The van der Waals surface area contributed by atoms with Crippen LogP contribution in [0.1, 0.15) is 28.9 Å². The van der Waals surface area contributed by atoms with E-state index in [1.165, 1.54) is 30.6 Å². The van der Waals surface area contributed by atoms with Crippen LogP contribution in [-0.2, 0) is 0 Å². The molecule has 1 amide bonds. The van der Waals surface area contributed by atoms with Crippen LogP contribution < -0.4 is 10.7 Å². The molecule has 1 atom stereocenters. The number of aromatic nitrogens is 1. The quantitative estimate of drug-likeness (QED) is 0.886. The summed E-state index contributed by atoms with van der Waals surface area (Å²) in [5.74, 6) is -0.852. The first kappa shape index (κ1) is 13.0. The predicted molar refractivity (Wildman–Crippen MR) is 69.3 cm³/mol. The minimum atomic E-state index is -0.487. The summed E-state index contributed by atoms with van der Waals surface area (Å²) in [6.45, 7) is 1.73. The Labute approximate surface area is 109 Å². The predicted octanol–water partition coefficient (Wildman–Crippen LogP) is 2.00. The molecule has 2 N–H and O–H groups in total. The first-order valence-electron chi connectivity index (χ1n) is 5.81. The second kappa shape index (κ2) is 5.48. The fraction of sp³-hybridized carbons (Fsp3) is 0.143. The lowest BCUT2D eigenvalue weighted by molar-refractivity contribution is 0.0938. The number of hydrogen-bond acceptors (Lipinski definition) is 2. The molecule has 0 saturated carbocycles. The molecule has 0 aliphatic heterocycles. The number of H-pyrrole nitrogens is 1. The van der Waals surface area contributed by atoms with Crippen molar-refractivity contribution < 1.29 is 9.18 Å². The van der Waals surface area contributed by atoms with E-state index < -0.39 is 5.91 Å². The minimum absolute atomic E-state index is 0.0331. The largest absolute Gasteiger partial charge is 0.367 e. The number of halogens is 1. The van der Waals surface area contributed by atoms with Crippen LogP contribution in [0, 0.1) is 5.82 Å². The standard InChI is InChI=1S/C14H13FN2O2/c1-9(10-3-2-4-11(15)7-10)17-14(19)12-8-16-6-5-13(12)18/h2-9H,1H3,(H,16,18)(H,17,19). The molecule has 2 aromatic rings. The summed E-state index contributed by atoms with van der Waals surface area (Å²) < 4.78 is 13.1. The van der Waals surface area contributed by atoms with E-state index >= 15 is 0 Å². The third-order valence-corrected chi connectivity index (χ3v) is 2.76. The number of nitrogens with one attached hydrogen (secondary N) is 2. The lowest BCUT2D eigenvalue weighted by Gasteiger charge is -2.14. The van der Waals surface area contributed by atoms with Gasteiger partial charge in [-0.1, -0.05) is 12.1 Å². The zero-order chi connectivity index (χ0) is 13.8. The van der Waals surface area contributed by atoms with Gasteiger partial charge in [-0.2, -0.15) is 0 Å². The van der Waals surface area contributed by atoms with E-state index in [0.29, 0.717) is 5.56 Å². The number of carbonyl (C=O) groups excluding carboxylic acids is 1. The Hall–Kier alpha value is -2.43. The molecule has 98 valence electrons. The number of hydrogen-bond donors (Lipinski definition) is 2. The fourth-order valence-electron chi connectivity index (χ4n) is 1.73. The molecule has 0 aliphatic carbocycles. The van der Waals surface area contributed by atoms with Crippen LogP contribution in [0.15, 0.2) is 47.5 Å². The molecule has 19 heavy (non-hydrogen) atoms. The Balaban J connectivity index is 2.16. The van der Waals surface area contributed by atoms with Gasteiger partial charge in [0.1, 0.15) is 11.4 Å². The summed E-state index contributed by atoms with van der Waals surface area (Å²) in [5, 5.41) is 2.65. The first-order valence-corrected chi connectivity index (χ1v) is 5.81. The van der Waals surface area contributed by atoms with Crippen LogP contribution in [0.2, 0.25) is 0 Å². The second-order valence-corrected chi connectivity index (χ2v) is 4.17. The summed E-state index contributed by atoms with van der Waals surface area (Å²) >= 11 is 0. The van der Waals surface area contributed by atoms with Crippen molar-refractivity contribution in [2.24, 2.45) is 0 Å². The summed E-state index contributed by atoms with van der Waals surface area (Å²) in [5.41, 5.74) is 0.314. The van der Waals surface area contributed by atoms with E-state index in [-0.39, 0.29) is 22.9 Å². The van der Waals surface area contributed by atoms with Gasteiger partial charge in [0.25, 0.3) is 5.91 Å². The highest BCUT2D eigenvalue weighted by Crippen LogP contribution is 2.13. The average Bonchev–Trinajstić information content (AvgIpc) is 2.39. The molecule has 1 unspecified atom stereocenters. The molecular formula is C14H13FN2O2. The molecule has 1 heterocycles. The molecule has 0 spiro atoms. The van der Waals surface area contributed by atoms with Gasteiger partial charge in [-0.3, -0.25) is 9.59 Å². The van der Waals surface area contributed by atoms with Gasteiger partial charge in [0.05, 0.1) is 6.04 Å². The summed E-state index contributed by atoms with van der Waals surface area (Å²) in [6, 6.07) is 6.86. The van der Waals surface area contributed by atoms with Crippen molar-refractivity contribution in [2.45, 2.75) is 13.0 Å². The van der Waals surface area contributed by atoms with Crippen LogP contribution in [-0.4, -0.2) is 10.9 Å². The van der Waals surface area contributed by atoms with E-state index in [9.17, 15) is 14.0 Å². The van der Waals surface area contributed by atoms with E-state index in [1.807, 2.05) is 0 Å². The number of rotatable bonds is 3. The molecule has 0 aliphatic rings. The Bertz CT molecular complexity index is 652. The Kier molecular flexibility index (Phi) is 3.75. The summed E-state index contributed by atoms with van der Waals surface area (Å²) in [7, 11) is 0. The summed E-state index contributed by atoms with van der Waals surface area (Å²) in [4.78, 5) is 26.1. The van der Waals surface area contributed by atoms with Crippen molar-refractivity contribution in [1.82, 2.24) is 10.3 Å². The Morgan fingerprint density at radius 2 is 2.16 bits per heavy atom. The highest BCUT2D eigenvalue weighted by Gasteiger charge is 2.14. The molecule has 0 saturated heterocycles. The van der Waals surface area contributed by atoms with Gasteiger partial charge in [0.15, 0.2) is 5.43 Å². The van der Waals surface area contributed by atoms with E-state index in [0.717, 1.165) is 0 Å². The molecule has 1 aromatic carbocycles. The lowest BCUT2D eigenvalue weighted by atomic mass is 10.1. The highest BCUT2D eigenvalue weighted by atomic mass is 19.1. The Morgan fingerprint density at radius 1 is 1.37 bits per heavy atom. The normalized spacial score (nSPS) is 11.9. The van der Waals surface area contributed by atoms with Crippen molar-refractivity contribution in [3.8, 4) is 0 Å². The monoisotopic (exact) mass is 260 g/mol. The molecule has 0 bridgehead atoms. The Morgan fingerprint density at radius 3 is 2.84 bits per heavy atom. The third-order valence-electron chi connectivity index (χ3n) is 2.76. The SMILES string of the molecule is CC(NC(=O)c1c[nH]ccc1=O)c1cccc(F)c1. The van der Waals surface area contributed by atoms with Crippen LogP contribution >= 0.6 is 0 Å². The zero-order valence-corrected chi connectivity index (χ0v) is 10.3. The van der Waals surface area contributed by atoms with Crippen molar-refractivity contribution in [2.75, 3.05) is 0 Å². The molecule has 2 rings (SSSR count). The first-order chi connectivity index (χ1) is 9.08. The number of benzene rings is 1. The second-order valence-electron chi connectivity index (χ2n) is 4.17. The number of aromatic amines is 1. The zero-order valence-electron chi connectivity index (χ0n) is 10.3. The van der Waals surface area contributed by atoms with Gasteiger partial charge in [-0.05, 0) is 24.6 Å². The molecule has 0 fully saturated rings. The van der Waals surface area contributed by atoms with E-state index in [4.69, 9.17) is 0 Å². The fourth-order valence-corrected chi connectivity index (χ4v) is 1.73. The van der Waals surface area contributed by atoms with Gasteiger partial charge >= 0.3 is 0 Å². The number of amides is 1. The van der Waals surface area contributed by atoms with Gasteiger partial charge < -0.3 is 10.3 Å². The van der Waals surface area contributed by atoms with Crippen LogP contribution in [0.25, 0.3) is 0 Å². The molecule has 1 aromatic heterocycles. The van der Waals surface area contributed by atoms with Gasteiger partial charge in [-0.25, -0.2) is 4.39 Å². The van der Waals surface area contributed by atoms with Crippen molar-refractivity contribution in [3.05, 3.63) is 69.9 Å². The van der Waals surface area contributed by atoms with Crippen molar-refractivity contribution in [1.29, 1.82) is 0 Å².